The summed E-state index contributed by atoms with van der Waals surface area (Å²) < 4.78 is 0. The first-order chi connectivity index (χ1) is 6.92. The van der Waals surface area contributed by atoms with Crippen molar-refractivity contribution in [2.24, 2.45) is 4.99 Å². The minimum atomic E-state index is -0.0351. The molecule has 0 aromatic carbocycles. The molecular weight excluding hydrogens is 178 g/mol. The van der Waals surface area contributed by atoms with Gasteiger partial charge in [0.05, 0.1) is 0 Å². The molecule has 0 aromatic heterocycles. The van der Waals surface area contributed by atoms with E-state index in [0.29, 0.717) is 5.71 Å². The number of nitrogens with zero attached hydrogens (tertiary/aromatic N) is 3. The normalized spacial score (nSPS) is 27.6. The molecule has 0 unspecified atom stereocenters. The number of hydrogen-bond donors (Lipinski definition) is 2. The zero-order valence-electron chi connectivity index (χ0n) is 7.90. The quantitative estimate of drug-likeness (QED) is 0.573. The molecule has 1 saturated heterocycles. The van der Waals surface area contributed by atoms with Crippen LogP contribution in [-0.4, -0.2) is 43.0 Å². The maximum absolute atomic E-state index is 8.90. The minimum Gasteiger partial charge on any atom is -0.369 e. The van der Waals surface area contributed by atoms with E-state index in [2.05, 4.69) is 26.6 Å². The summed E-state index contributed by atoms with van der Waals surface area (Å²) in [5, 5.41) is 15.3. The van der Waals surface area contributed by atoms with Gasteiger partial charge in [0.15, 0.2) is 5.71 Å². The van der Waals surface area contributed by atoms with Crippen molar-refractivity contribution in [1.82, 2.24) is 15.5 Å². The topological polar surface area (TPSA) is 63.5 Å². The van der Waals surface area contributed by atoms with Gasteiger partial charge in [-0.15, -0.1) is 0 Å². The molecule has 0 bridgehead atoms. The molecule has 2 N–H and O–H groups in total. The molecular formula is C9H13N5. The van der Waals surface area contributed by atoms with Crippen LogP contribution >= 0.6 is 0 Å². The number of aliphatic imine (C=N–C) groups is 1. The van der Waals surface area contributed by atoms with Gasteiger partial charge < -0.3 is 10.6 Å². The predicted octanol–water partition coefficient (Wildman–Crippen LogP) is -0.743. The van der Waals surface area contributed by atoms with Crippen LogP contribution in [0.4, 0.5) is 0 Å². The lowest BCUT2D eigenvalue weighted by molar-refractivity contribution is 0.199. The Hall–Kier alpha value is -1.38. The van der Waals surface area contributed by atoms with Crippen molar-refractivity contribution in [3.8, 4) is 6.07 Å². The van der Waals surface area contributed by atoms with Crippen LogP contribution in [0.2, 0.25) is 0 Å². The van der Waals surface area contributed by atoms with Gasteiger partial charge in [-0.3, -0.25) is 4.90 Å². The third kappa shape index (κ3) is 1.76. The Labute approximate surface area is 83.1 Å². The highest BCUT2D eigenvalue weighted by Gasteiger charge is 2.25. The number of piperazine rings is 1. The van der Waals surface area contributed by atoms with E-state index >= 15 is 0 Å². The van der Waals surface area contributed by atoms with Crippen molar-refractivity contribution in [2.45, 2.75) is 6.17 Å². The lowest BCUT2D eigenvalue weighted by Gasteiger charge is -2.34. The molecule has 0 aromatic rings. The molecule has 2 aliphatic rings. The van der Waals surface area contributed by atoms with E-state index in [0.717, 1.165) is 26.2 Å². The van der Waals surface area contributed by atoms with E-state index in [1.165, 1.54) is 0 Å². The van der Waals surface area contributed by atoms with Crippen LogP contribution < -0.4 is 10.6 Å². The van der Waals surface area contributed by atoms with E-state index in [1.807, 2.05) is 0 Å². The zero-order valence-corrected chi connectivity index (χ0v) is 7.90. The Bertz CT molecular complexity index is 295. The predicted molar refractivity (Wildman–Crippen MR) is 53.6 cm³/mol. The van der Waals surface area contributed by atoms with Gasteiger partial charge >= 0.3 is 0 Å². The van der Waals surface area contributed by atoms with Crippen molar-refractivity contribution >= 4 is 5.71 Å². The standard InChI is InChI=1S/C9H13N5/c10-7-8-9(13-2-1-12-8)14-5-3-11-4-6-14/h1-2,9,11,13H,3-6H2/t9-/m0/s1. The summed E-state index contributed by atoms with van der Waals surface area (Å²) in [6.07, 6.45) is 3.37. The number of rotatable bonds is 1. The van der Waals surface area contributed by atoms with E-state index in [1.54, 1.807) is 12.4 Å². The van der Waals surface area contributed by atoms with Gasteiger partial charge in [0.1, 0.15) is 12.2 Å². The number of nitriles is 1. The van der Waals surface area contributed by atoms with Gasteiger partial charge in [-0.25, -0.2) is 4.99 Å². The highest BCUT2D eigenvalue weighted by atomic mass is 15.3. The van der Waals surface area contributed by atoms with Crippen LogP contribution in [0.5, 0.6) is 0 Å². The summed E-state index contributed by atoms with van der Waals surface area (Å²) in [6.45, 7) is 3.85. The molecule has 1 fully saturated rings. The zero-order chi connectivity index (χ0) is 9.80. The lowest BCUT2D eigenvalue weighted by atomic mass is 10.2. The highest BCUT2D eigenvalue weighted by Crippen LogP contribution is 2.04. The van der Waals surface area contributed by atoms with E-state index < -0.39 is 0 Å². The van der Waals surface area contributed by atoms with E-state index in [9.17, 15) is 0 Å². The maximum atomic E-state index is 8.90. The molecule has 14 heavy (non-hydrogen) atoms. The summed E-state index contributed by atoms with van der Waals surface area (Å²) in [5.74, 6) is 0. The van der Waals surface area contributed by atoms with Crippen LogP contribution in [-0.2, 0) is 0 Å². The summed E-state index contributed by atoms with van der Waals surface area (Å²) in [6, 6.07) is 2.13. The summed E-state index contributed by atoms with van der Waals surface area (Å²) in [7, 11) is 0. The maximum Gasteiger partial charge on any atom is 0.154 e. The van der Waals surface area contributed by atoms with Crippen LogP contribution in [0.3, 0.4) is 0 Å². The van der Waals surface area contributed by atoms with Crippen molar-refractivity contribution in [3.05, 3.63) is 12.4 Å². The van der Waals surface area contributed by atoms with Crippen molar-refractivity contribution < 1.29 is 0 Å². The third-order valence-electron chi connectivity index (χ3n) is 2.43. The van der Waals surface area contributed by atoms with Gasteiger partial charge in [-0.05, 0) is 0 Å². The second-order valence-corrected chi connectivity index (χ2v) is 3.30. The first kappa shape index (κ1) is 9.19. The average Bonchev–Trinajstić information content (AvgIpc) is 2.30. The molecule has 5 heteroatoms. The second kappa shape index (κ2) is 4.22. The Kier molecular flexibility index (Phi) is 2.77. The molecule has 0 aliphatic carbocycles. The monoisotopic (exact) mass is 191 g/mol. The number of hydrogen-bond acceptors (Lipinski definition) is 5. The van der Waals surface area contributed by atoms with Gasteiger partial charge in [-0.1, -0.05) is 0 Å². The molecule has 0 amide bonds. The molecule has 1 atom stereocenters. The first-order valence-corrected chi connectivity index (χ1v) is 4.75. The largest absolute Gasteiger partial charge is 0.369 e. The first-order valence-electron chi connectivity index (χ1n) is 4.75. The summed E-state index contributed by atoms with van der Waals surface area (Å²) in [4.78, 5) is 6.28. The molecule has 0 spiro atoms. The van der Waals surface area contributed by atoms with E-state index in [-0.39, 0.29) is 6.17 Å². The molecule has 0 saturated carbocycles. The van der Waals surface area contributed by atoms with Gasteiger partial charge in [0.2, 0.25) is 0 Å². The second-order valence-electron chi connectivity index (χ2n) is 3.30. The smallest absolute Gasteiger partial charge is 0.154 e. The Balaban J connectivity index is 2.06. The average molecular weight is 191 g/mol. The fourth-order valence-corrected chi connectivity index (χ4v) is 1.71. The minimum absolute atomic E-state index is 0.0351. The van der Waals surface area contributed by atoms with Gasteiger partial charge in [-0.2, -0.15) is 5.26 Å². The fraction of sp³-hybridized carbons (Fsp3) is 0.556. The SMILES string of the molecule is N#CC1=NC=CN[C@H]1N1CCNCC1. The fourth-order valence-electron chi connectivity index (χ4n) is 1.71. The molecule has 0 radical (unpaired) electrons. The lowest BCUT2D eigenvalue weighted by Crippen LogP contribution is -2.56. The van der Waals surface area contributed by atoms with Gasteiger partial charge in [0.25, 0.3) is 0 Å². The molecule has 74 valence electrons. The van der Waals surface area contributed by atoms with Crippen LogP contribution in [0, 0.1) is 11.3 Å². The van der Waals surface area contributed by atoms with Crippen LogP contribution in [0.15, 0.2) is 17.4 Å². The van der Waals surface area contributed by atoms with Crippen LogP contribution in [0.25, 0.3) is 0 Å². The number of nitrogens with one attached hydrogen (secondary N) is 2. The Morgan fingerprint density at radius 2 is 2.29 bits per heavy atom. The van der Waals surface area contributed by atoms with Crippen LogP contribution in [0.1, 0.15) is 0 Å². The van der Waals surface area contributed by atoms with Crippen molar-refractivity contribution in [3.63, 3.8) is 0 Å². The Morgan fingerprint density at radius 3 is 3.00 bits per heavy atom. The molecule has 5 nitrogen and oxygen atoms in total. The Morgan fingerprint density at radius 1 is 1.50 bits per heavy atom. The third-order valence-corrected chi connectivity index (χ3v) is 2.43. The molecule has 2 aliphatic heterocycles. The molecule has 2 rings (SSSR count). The summed E-state index contributed by atoms with van der Waals surface area (Å²) in [5.41, 5.74) is 0.550. The summed E-state index contributed by atoms with van der Waals surface area (Å²) >= 11 is 0. The van der Waals surface area contributed by atoms with E-state index in [4.69, 9.17) is 5.26 Å². The highest BCUT2D eigenvalue weighted by molar-refractivity contribution is 6.03. The van der Waals surface area contributed by atoms with Crippen molar-refractivity contribution in [2.75, 3.05) is 26.2 Å². The van der Waals surface area contributed by atoms with Crippen molar-refractivity contribution in [1.29, 1.82) is 5.26 Å². The van der Waals surface area contributed by atoms with Gasteiger partial charge in [0, 0.05) is 38.6 Å². The molecule has 2 heterocycles.